The van der Waals surface area contributed by atoms with Gasteiger partial charge >= 0.3 is 17.6 Å². The number of carbonyl (C=O) groups is 2. The minimum absolute atomic E-state index is 0.172. The van der Waals surface area contributed by atoms with Crippen molar-refractivity contribution in [3.63, 3.8) is 0 Å². The quantitative estimate of drug-likeness (QED) is 0.601. The summed E-state index contributed by atoms with van der Waals surface area (Å²) in [6.07, 6.45) is 0. The van der Waals surface area contributed by atoms with Gasteiger partial charge in [0.2, 0.25) is 0 Å². The van der Waals surface area contributed by atoms with Crippen LogP contribution in [0.5, 0.6) is 5.75 Å². The zero-order valence-corrected chi connectivity index (χ0v) is 10.8. The Bertz CT molecular complexity index is 565. The Labute approximate surface area is 113 Å². The Morgan fingerprint density at radius 2 is 1.95 bits per heavy atom. The lowest BCUT2D eigenvalue weighted by Gasteiger charge is -2.19. The molecule has 1 aromatic rings. The maximum Gasteiger partial charge on any atom is 0.335 e. The SMILES string of the molecule is CC(C)(COc1ccc(C(=O)O)cc1[N+](=O)[O-])C(=O)O. The molecule has 0 amide bonds. The molecule has 0 aliphatic carbocycles. The summed E-state index contributed by atoms with van der Waals surface area (Å²) in [5.74, 6) is -2.58. The van der Waals surface area contributed by atoms with Gasteiger partial charge in [-0.15, -0.1) is 0 Å². The molecule has 0 heterocycles. The van der Waals surface area contributed by atoms with Crippen molar-refractivity contribution >= 4 is 17.6 Å². The zero-order valence-electron chi connectivity index (χ0n) is 10.8. The van der Waals surface area contributed by atoms with E-state index in [2.05, 4.69) is 0 Å². The van der Waals surface area contributed by atoms with E-state index < -0.39 is 28.0 Å². The molecular weight excluding hydrogens is 270 g/mol. The summed E-state index contributed by atoms with van der Waals surface area (Å²) in [6, 6.07) is 3.16. The third-order valence-electron chi connectivity index (χ3n) is 2.57. The van der Waals surface area contributed by atoms with E-state index in [0.29, 0.717) is 0 Å². The molecule has 0 unspecified atom stereocenters. The van der Waals surface area contributed by atoms with Crippen LogP contribution in [-0.2, 0) is 4.79 Å². The molecule has 1 aromatic carbocycles. The van der Waals surface area contributed by atoms with E-state index in [4.69, 9.17) is 14.9 Å². The molecule has 0 spiro atoms. The molecule has 2 N–H and O–H groups in total. The van der Waals surface area contributed by atoms with Crippen LogP contribution >= 0.6 is 0 Å². The molecule has 0 bridgehead atoms. The van der Waals surface area contributed by atoms with Crippen molar-refractivity contribution in [1.29, 1.82) is 0 Å². The monoisotopic (exact) mass is 283 g/mol. The lowest BCUT2D eigenvalue weighted by atomic mass is 9.95. The Morgan fingerprint density at radius 3 is 2.40 bits per heavy atom. The fourth-order valence-corrected chi connectivity index (χ4v) is 1.24. The number of ether oxygens (including phenoxy) is 1. The predicted molar refractivity (Wildman–Crippen MR) is 67.0 cm³/mol. The first-order valence-electron chi connectivity index (χ1n) is 5.53. The highest BCUT2D eigenvalue weighted by atomic mass is 16.6. The molecule has 0 aromatic heterocycles. The standard InChI is InChI=1S/C12H13NO7/c1-12(2,11(16)17)6-20-9-4-3-7(10(14)15)5-8(9)13(18)19/h3-5H,6H2,1-2H3,(H,14,15)(H,16,17). The van der Waals surface area contributed by atoms with Crippen LogP contribution in [-0.4, -0.2) is 33.7 Å². The number of nitro benzene ring substituents is 1. The van der Waals surface area contributed by atoms with Crippen LogP contribution in [0.2, 0.25) is 0 Å². The van der Waals surface area contributed by atoms with E-state index in [-0.39, 0.29) is 17.9 Å². The van der Waals surface area contributed by atoms with Crippen molar-refractivity contribution in [2.45, 2.75) is 13.8 Å². The zero-order chi connectivity index (χ0) is 15.5. The van der Waals surface area contributed by atoms with Crippen molar-refractivity contribution in [3.05, 3.63) is 33.9 Å². The first-order chi connectivity index (χ1) is 9.15. The van der Waals surface area contributed by atoms with E-state index in [0.717, 1.165) is 18.2 Å². The number of nitrogens with zero attached hydrogens (tertiary/aromatic N) is 1. The van der Waals surface area contributed by atoms with Crippen LogP contribution in [0.4, 0.5) is 5.69 Å². The van der Waals surface area contributed by atoms with E-state index >= 15 is 0 Å². The number of aromatic carboxylic acids is 1. The lowest BCUT2D eigenvalue weighted by molar-refractivity contribution is -0.386. The first-order valence-corrected chi connectivity index (χ1v) is 5.53. The van der Waals surface area contributed by atoms with E-state index in [1.54, 1.807) is 0 Å². The first kappa shape index (κ1) is 15.4. The predicted octanol–water partition coefficient (Wildman–Crippen LogP) is 1.78. The van der Waals surface area contributed by atoms with Gasteiger partial charge in [0.15, 0.2) is 5.75 Å². The lowest BCUT2D eigenvalue weighted by Crippen LogP contribution is -2.30. The van der Waals surface area contributed by atoms with Crippen molar-refractivity contribution < 1.29 is 29.5 Å². The molecule has 108 valence electrons. The average molecular weight is 283 g/mol. The van der Waals surface area contributed by atoms with Gasteiger partial charge in [-0.05, 0) is 26.0 Å². The minimum Gasteiger partial charge on any atom is -0.486 e. The molecule has 0 atom stereocenters. The Kier molecular flexibility index (Phi) is 4.28. The van der Waals surface area contributed by atoms with Gasteiger partial charge in [0, 0.05) is 6.07 Å². The summed E-state index contributed by atoms with van der Waals surface area (Å²) in [5, 5.41) is 28.6. The summed E-state index contributed by atoms with van der Waals surface area (Å²) in [4.78, 5) is 31.8. The number of carboxylic acid groups (broad SMARTS) is 2. The number of hydrogen-bond donors (Lipinski definition) is 2. The fraction of sp³-hybridized carbons (Fsp3) is 0.333. The summed E-state index contributed by atoms with van der Waals surface area (Å²) in [5.41, 5.74) is -1.99. The molecule has 8 heteroatoms. The maximum atomic E-state index is 10.9. The number of aliphatic carboxylic acids is 1. The van der Waals surface area contributed by atoms with Crippen LogP contribution in [0.25, 0.3) is 0 Å². The third kappa shape index (κ3) is 3.44. The van der Waals surface area contributed by atoms with Crippen LogP contribution in [0, 0.1) is 15.5 Å². The molecule has 0 saturated heterocycles. The van der Waals surface area contributed by atoms with Gasteiger partial charge in [-0.1, -0.05) is 0 Å². The van der Waals surface area contributed by atoms with Gasteiger partial charge in [-0.2, -0.15) is 0 Å². The van der Waals surface area contributed by atoms with Crippen LogP contribution in [0.1, 0.15) is 24.2 Å². The van der Waals surface area contributed by atoms with Gasteiger partial charge in [0.1, 0.15) is 6.61 Å². The molecule has 0 radical (unpaired) electrons. The average Bonchev–Trinajstić information content (AvgIpc) is 2.35. The smallest absolute Gasteiger partial charge is 0.335 e. The van der Waals surface area contributed by atoms with Gasteiger partial charge in [0.05, 0.1) is 15.9 Å². The molecule has 0 aliphatic heterocycles. The van der Waals surface area contributed by atoms with Crippen molar-refractivity contribution in [1.82, 2.24) is 0 Å². The van der Waals surface area contributed by atoms with Gasteiger partial charge in [-0.25, -0.2) is 4.79 Å². The molecular formula is C12H13NO7. The molecule has 0 fully saturated rings. The second-order valence-corrected chi connectivity index (χ2v) is 4.72. The topological polar surface area (TPSA) is 127 Å². The number of benzene rings is 1. The van der Waals surface area contributed by atoms with Crippen molar-refractivity contribution in [3.8, 4) is 5.75 Å². The Balaban J connectivity index is 3.04. The van der Waals surface area contributed by atoms with Gasteiger partial charge in [0.25, 0.3) is 0 Å². The highest BCUT2D eigenvalue weighted by molar-refractivity contribution is 5.88. The molecule has 8 nitrogen and oxygen atoms in total. The number of rotatable bonds is 6. The minimum atomic E-state index is -1.30. The van der Waals surface area contributed by atoms with Crippen LogP contribution in [0.15, 0.2) is 18.2 Å². The number of carboxylic acids is 2. The normalized spacial score (nSPS) is 10.9. The Morgan fingerprint density at radius 1 is 1.35 bits per heavy atom. The van der Waals surface area contributed by atoms with E-state index in [1.807, 2.05) is 0 Å². The largest absolute Gasteiger partial charge is 0.486 e. The van der Waals surface area contributed by atoms with E-state index in [1.165, 1.54) is 13.8 Å². The fourth-order valence-electron chi connectivity index (χ4n) is 1.24. The summed E-state index contributed by atoms with van der Waals surface area (Å²) in [7, 11) is 0. The van der Waals surface area contributed by atoms with Gasteiger partial charge in [-0.3, -0.25) is 14.9 Å². The number of hydrogen-bond acceptors (Lipinski definition) is 5. The second kappa shape index (κ2) is 5.55. The molecule has 0 saturated carbocycles. The molecule has 20 heavy (non-hydrogen) atoms. The highest BCUT2D eigenvalue weighted by Gasteiger charge is 2.29. The highest BCUT2D eigenvalue weighted by Crippen LogP contribution is 2.29. The summed E-state index contributed by atoms with van der Waals surface area (Å²) >= 11 is 0. The molecule has 1 rings (SSSR count). The van der Waals surface area contributed by atoms with E-state index in [9.17, 15) is 19.7 Å². The van der Waals surface area contributed by atoms with Crippen molar-refractivity contribution in [2.24, 2.45) is 5.41 Å². The van der Waals surface area contributed by atoms with Crippen LogP contribution in [0.3, 0.4) is 0 Å². The maximum absolute atomic E-state index is 10.9. The summed E-state index contributed by atoms with van der Waals surface area (Å²) in [6.45, 7) is 2.54. The van der Waals surface area contributed by atoms with Crippen LogP contribution < -0.4 is 4.74 Å². The second-order valence-electron chi connectivity index (χ2n) is 4.72. The number of nitro groups is 1. The molecule has 0 aliphatic rings. The summed E-state index contributed by atoms with van der Waals surface area (Å²) < 4.78 is 5.14. The van der Waals surface area contributed by atoms with Gasteiger partial charge < -0.3 is 14.9 Å². The third-order valence-corrected chi connectivity index (χ3v) is 2.57. The van der Waals surface area contributed by atoms with Crippen molar-refractivity contribution in [2.75, 3.05) is 6.61 Å². The Hall–Kier alpha value is -2.64.